The lowest BCUT2D eigenvalue weighted by atomic mass is 10.4. The van der Waals surface area contributed by atoms with E-state index in [1.807, 2.05) is 18.2 Å². The minimum absolute atomic E-state index is 0.539. The van der Waals surface area contributed by atoms with Gasteiger partial charge in [0.15, 0.2) is 0 Å². The standard InChI is InChI=1S/C14H13BrN2O2/c15-11-3-5-14(16-7-11)19-12-4-6-13(17-8-12)18-9-10-1-2-10/h3-8,10H,1-2,9H2. The molecule has 3 rings (SSSR count). The van der Waals surface area contributed by atoms with Gasteiger partial charge < -0.3 is 9.47 Å². The highest BCUT2D eigenvalue weighted by atomic mass is 79.9. The highest BCUT2D eigenvalue weighted by Crippen LogP contribution is 2.29. The van der Waals surface area contributed by atoms with Crippen LogP contribution in [0.25, 0.3) is 0 Å². The minimum atomic E-state index is 0.539. The van der Waals surface area contributed by atoms with Crippen LogP contribution in [0.2, 0.25) is 0 Å². The fourth-order valence-electron chi connectivity index (χ4n) is 1.54. The van der Waals surface area contributed by atoms with Gasteiger partial charge in [0.1, 0.15) is 5.75 Å². The lowest BCUT2D eigenvalue weighted by molar-refractivity contribution is 0.287. The summed E-state index contributed by atoms with van der Waals surface area (Å²) in [5.41, 5.74) is 0. The van der Waals surface area contributed by atoms with Gasteiger partial charge >= 0.3 is 0 Å². The van der Waals surface area contributed by atoms with Crippen LogP contribution in [0.1, 0.15) is 12.8 Å². The van der Waals surface area contributed by atoms with E-state index < -0.39 is 0 Å². The van der Waals surface area contributed by atoms with Crippen molar-refractivity contribution in [2.75, 3.05) is 6.61 Å². The van der Waals surface area contributed by atoms with Crippen molar-refractivity contribution in [3.05, 3.63) is 41.1 Å². The average molecular weight is 321 g/mol. The Balaban J connectivity index is 1.59. The lowest BCUT2D eigenvalue weighted by Crippen LogP contribution is -2.00. The van der Waals surface area contributed by atoms with Crippen LogP contribution in [0.15, 0.2) is 41.1 Å². The second-order valence-corrected chi connectivity index (χ2v) is 5.42. The van der Waals surface area contributed by atoms with Crippen molar-refractivity contribution < 1.29 is 9.47 Å². The number of halogens is 1. The van der Waals surface area contributed by atoms with Gasteiger partial charge in [-0.05, 0) is 46.8 Å². The maximum atomic E-state index is 5.58. The number of nitrogens with zero attached hydrogens (tertiary/aromatic N) is 2. The van der Waals surface area contributed by atoms with E-state index in [0.717, 1.165) is 17.0 Å². The number of ether oxygens (including phenoxy) is 2. The summed E-state index contributed by atoms with van der Waals surface area (Å²) >= 11 is 3.33. The van der Waals surface area contributed by atoms with Crippen LogP contribution in [0.4, 0.5) is 0 Å². The van der Waals surface area contributed by atoms with Crippen LogP contribution < -0.4 is 9.47 Å². The summed E-state index contributed by atoms with van der Waals surface area (Å²) in [7, 11) is 0. The van der Waals surface area contributed by atoms with E-state index in [0.29, 0.717) is 17.5 Å². The van der Waals surface area contributed by atoms with Crippen molar-refractivity contribution in [1.29, 1.82) is 0 Å². The zero-order valence-corrected chi connectivity index (χ0v) is 11.8. The van der Waals surface area contributed by atoms with Gasteiger partial charge in [-0.3, -0.25) is 0 Å². The van der Waals surface area contributed by atoms with Crippen LogP contribution in [0.3, 0.4) is 0 Å². The fraction of sp³-hybridized carbons (Fsp3) is 0.286. The zero-order valence-electron chi connectivity index (χ0n) is 10.3. The molecule has 1 aliphatic rings. The molecule has 2 aromatic rings. The first-order chi connectivity index (χ1) is 9.29. The van der Waals surface area contributed by atoms with Crippen molar-refractivity contribution in [1.82, 2.24) is 9.97 Å². The van der Waals surface area contributed by atoms with E-state index in [2.05, 4.69) is 25.9 Å². The number of aromatic nitrogens is 2. The predicted molar refractivity (Wildman–Crippen MR) is 74.5 cm³/mol. The molecule has 0 aliphatic heterocycles. The molecule has 2 aromatic heterocycles. The van der Waals surface area contributed by atoms with Crippen LogP contribution >= 0.6 is 15.9 Å². The van der Waals surface area contributed by atoms with E-state index in [1.165, 1.54) is 12.8 Å². The van der Waals surface area contributed by atoms with E-state index in [1.54, 1.807) is 18.5 Å². The third-order valence-corrected chi connectivity index (χ3v) is 3.26. The van der Waals surface area contributed by atoms with Gasteiger partial charge in [-0.2, -0.15) is 0 Å². The normalized spacial score (nSPS) is 14.2. The Bertz CT molecular complexity index is 538. The second kappa shape index (κ2) is 5.57. The monoisotopic (exact) mass is 320 g/mol. The average Bonchev–Trinajstić information content (AvgIpc) is 3.25. The summed E-state index contributed by atoms with van der Waals surface area (Å²) in [5.74, 6) is 2.55. The molecule has 4 nitrogen and oxygen atoms in total. The van der Waals surface area contributed by atoms with Crippen molar-refractivity contribution in [3.8, 4) is 17.5 Å². The third kappa shape index (κ3) is 3.67. The largest absolute Gasteiger partial charge is 0.477 e. The first-order valence-electron chi connectivity index (χ1n) is 6.18. The Morgan fingerprint density at radius 3 is 2.47 bits per heavy atom. The number of rotatable bonds is 5. The maximum absolute atomic E-state index is 5.58. The Morgan fingerprint density at radius 1 is 1.05 bits per heavy atom. The fourth-order valence-corrected chi connectivity index (χ4v) is 1.78. The Morgan fingerprint density at radius 2 is 1.84 bits per heavy atom. The quantitative estimate of drug-likeness (QED) is 0.840. The smallest absolute Gasteiger partial charge is 0.219 e. The van der Waals surface area contributed by atoms with Crippen LogP contribution in [-0.4, -0.2) is 16.6 Å². The number of pyridine rings is 2. The minimum Gasteiger partial charge on any atom is -0.477 e. The number of hydrogen-bond acceptors (Lipinski definition) is 4. The summed E-state index contributed by atoms with van der Waals surface area (Å²) in [6.45, 7) is 0.765. The first kappa shape index (κ1) is 12.4. The van der Waals surface area contributed by atoms with E-state index in [9.17, 15) is 0 Å². The molecule has 0 aromatic carbocycles. The molecule has 0 saturated heterocycles. The zero-order chi connectivity index (χ0) is 13.1. The molecule has 2 heterocycles. The van der Waals surface area contributed by atoms with Crippen molar-refractivity contribution in [2.24, 2.45) is 5.92 Å². The van der Waals surface area contributed by atoms with Gasteiger partial charge in [0.2, 0.25) is 11.8 Å². The highest BCUT2D eigenvalue weighted by molar-refractivity contribution is 9.10. The molecule has 0 spiro atoms. The summed E-state index contributed by atoms with van der Waals surface area (Å²) in [6.07, 6.45) is 5.88. The molecule has 1 saturated carbocycles. The summed E-state index contributed by atoms with van der Waals surface area (Å²) in [4.78, 5) is 8.34. The summed E-state index contributed by atoms with van der Waals surface area (Å²) in [6, 6.07) is 7.32. The van der Waals surface area contributed by atoms with Crippen molar-refractivity contribution in [3.63, 3.8) is 0 Å². The van der Waals surface area contributed by atoms with Crippen molar-refractivity contribution >= 4 is 15.9 Å². The third-order valence-electron chi connectivity index (χ3n) is 2.80. The number of hydrogen-bond donors (Lipinski definition) is 0. The molecule has 0 unspecified atom stereocenters. The molecule has 1 aliphatic carbocycles. The van der Waals surface area contributed by atoms with Crippen molar-refractivity contribution in [2.45, 2.75) is 12.8 Å². The van der Waals surface area contributed by atoms with Crippen LogP contribution in [-0.2, 0) is 0 Å². The molecule has 0 amide bonds. The van der Waals surface area contributed by atoms with Gasteiger partial charge in [0.25, 0.3) is 0 Å². The van der Waals surface area contributed by atoms with Gasteiger partial charge in [0, 0.05) is 22.8 Å². The van der Waals surface area contributed by atoms with E-state index in [-0.39, 0.29) is 0 Å². The highest BCUT2D eigenvalue weighted by Gasteiger charge is 2.22. The van der Waals surface area contributed by atoms with E-state index >= 15 is 0 Å². The lowest BCUT2D eigenvalue weighted by Gasteiger charge is -2.06. The predicted octanol–water partition coefficient (Wildman–Crippen LogP) is 3.82. The molecule has 0 bridgehead atoms. The molecule has 5 heteroatoms. The molecule has 0 N–H and O–H groups in total. The molecular formula is C14H13BrN2O2. The second-order valence-electron chi connectivity index (χ2n) is 4.50. The Hall–Kier alpha value is -1.62. The van der Waals surface area contributed by atoms with Gasteiger partial charge in [0.05, 0.1) is 12.8 Å². The van der Waals surface area contributed by atoms with Gasteiger partial charge in [-0.15, -0.1) is 0 Å². The van der Waals surface area contributed by atoms with Gasteiger partial charge in [-0.1, -0.05) is 0 Å². The molecular weight excluding hydrogens is 308 g/mol. The van der Waals surface area contributed by atoms with Crippen LogP contribution in [0, 0.1) is 5.92 Å². The molecule has 0 atom stereocenters. The molecule has 98 valence electrons. The van der Waals surface area contributed by atoms with Gasteiger partial charge in [-0.25, -0.2) is 9.97 Å². The Kier molecular flexibility index (Phi) is 3.64. The topological polar surface area (TPSA) is 44.2 Å². The first-order valence-corrected chi connectivity index (χ1v) is 6.97. The maximum Gasteiger partial charge on any atom is 0.219 e. The SMILES string of the molecule is Brc1ccc(Oc2ccc(OCC3CC3)nc2)nc1. The summed E-state index contributed by atoms with van der Waals surface area (Å²) in [5, 5.41) is 0. The molecule has 0 radical (unpaired) electrons. The Labute approximate surface area is 119 Å². The van der Waals surface area contributed by atoms with Crippen LogP contribution in [0.5, 0.6) is 17.5 Å². The molecule has 19 heavy (non-hydrogen) atoms. The van der Waals surface area contributed by atoms with E-state index in [4.69, 9.17) is 9.47 Å². The molecule has 1 fully saturated rings. The summed E-state index contributed by atoms with van der Waals surface area (Å²) < 4.78 is 12.1.